The first kappa shape index (κ1) is 20.5. The van der Waals surface area contributed by atoms with Crippen molar-refractivity contribution in [1.82, 2.24) is 0 Å². The van der Waals surface area contributed by atoms with Gasteiger partial charge >= 0.3 is 0 Å². The molecule has 1 heteroatoms. The summed E-state index contributed by atoms with van der Waals surface area (Å²) in [6, 6.07) is 49.4. The van der Waals surface area contributed by atoms with Crippen LogP contribution in [0.3, 0.4) is 0 Å². The van der Waals surface area contributed by atoms with E-state index in [1.807, 2.05) is 120 Å². The molecule has 0 fully saturated rings. The topological polar surface area (TPSA) is 3.24 Å². The second kappa shape index (κ2) is 11.0. The minimum absolute atomic E-state index is 0.0812. The van der Waals surface area contributed by atoms with Crippen LogP contribution in [0.15, 0.2) is 176 Å². The van der Waals surface area contributed by atoms with Gasteiger partial charge in [0.25, 0.3) is 0 Å². The zero-order valence-corrected chi connectivity index (χ0v) is 22.4. The van der Waals surface area contributed by atoms with Gasteiger partial charge in [0, 0.05) is 17.1 Å². The van der Waals surface area contributed by atoms with Crippen molar-refractivity contribution in [3.63, 3.8) is 0 Å². The van der Waals surface area contributed by atoms with Crippen molar-refractivity contribution in [3.8, 4) is 33.4 Å². The number of benzene rings is 7. The molecule has 1 nitrogen and oxygen atoms in total. The predicted octanol–water partition coefficient (Wildman–Crippen LogP) is 11.3. The number of fused-ring (bicyclic) bond motifs is 1. The van der Waals surface area contributed by atoms with Crippen LogP contribution >= 0.6 is 0 Å². The fourth-order valence-corrected chi connectivity index (χ4v) is 5.32. The van der Waals surface area contributed by atoms with Crippen molar-refractivity contribution >= 4 is 27.8 Å². The van der Waals surface area contributed by atoms with Gasteiger partial charge in [-0.2, -0.15) is 0 Å². The molecule has 0 heterocycles. The number of hydrogen-bond donors (Lipinski definition) is 0. The van der Waals surface area contributed by atoms with Crippen molar-refractivity contribution in [2.75, 3.05) is 4.90 Å². The van der Waals surface area contributed by atoms with Gasteiger partial charge < -0.3 is 4.90 Å². The summed E-state index contributed by atoms with van der Waals surface area (Å²) in [5.41, 5.74) is 6.66. The maximum absolute atomic E-state index is 9.26. The quantitative estimate of drug-likeness (QED) is 0.208. The third-order valence-corrected chi connectivity index (χ3v) is 7.31. The normalized spacial score (nSPS) is 12.3. The van der Waals surface area contributed by atoms with Gasteiger partial charge in [-0.25, -0.2) is 0 Å². The Hall–Kier alpha value is -5.40. The summed E-state index contributed by atoms with van der Waals surface area (Å²) >= 11 is 0. The molecule has 0 N–H and O–H groups in total. The van der Waals surface area contributed by atoms with E-state index in [9.17, 15) is 2.74 Å². The summed E-state index contributed by atoms with van der Waals surface area (Å²) in [5.74, 6) is 0. The molecule has 0 saturated heterocycles. The van der Waals surface area contributed by atoms with Crippen molar-refractivity contribution in [2.24, 2.45) is 0 Å². The number of para-hydroxylation sites is 1. The summed E-state index contributed by atoms with van der Waals surface area (Å²) in [6.07, 6.45) is 0. The van der Waals surface area contributed by atoms with E-state index in [1.165, 1.54) is 0 Å². The maximum Gasteiger partial charge on any atom is 0.0645 e. The largest absolute Gasteiger partial charge is 0.310 e. The molecule has 0 aliphatic rings. The lowest BCUT2D eigenvalue weighted by Crippen LogP contribution is -2.09. The SMILES string of the molecule is [2H]c1c([2H])c(N(c2ccccc2)c2cccc(-c3cccc4ccccc34)c2)c([2H])c([2H])c1-c1cccc(-c2ccccc2)c1. The average Bonchev–Trinajstić information content (AvgIpc) is 3.10. The van der Waals surface area contributed by atoms with Crippen LogP contribution in [0.1, 0.15) is 5.48 Å². The van der Waals surface area contributed by atoms with Gasteiger partial charge in [0.05, 0.1) is 5.48 Å². The molecule has 41 heavy (non-hydrogen) atoms. The van der Waals surface area contributed by atoms with E-state index in [2.05, 4.69) is 36.4 Å². The molecular weight excluding hydrogens is 494 g/mol. The Labute approximate surface area is 247 Å². The zero-order valence-electron chi connectivity index (χ0n) is 26.4. The first-order valence-corrected chi connectivity index (χ1v) is 13.7. The molecule has 0 bridgehead atoms. The summed E-state index contributed by atoms with van der Waals surface area (Å²) in [5, 5.41) is 2.28. The Bertz CT molecular complexity index is 2130. The van der Waals surface area contributed by atoms with Crippen LogP contribution in [-0.2, 0) is 0 Å². The molecule has 7 rings (SSSR count). The Morgan fingerprint density at radius 3 is 1.73 bits per heavy atom. The molecule has 0 radical (unpaired) electrons. The Morgan fingerprint density at radius 1 is 0.366 bits per heavy atom. The second-order valence-corrected chi connectivity index (χ2v) is 9.92. The first-order valence-electron chi connectivity index (χ1n) is 15.7. The zero-order chi connectivity index (χ0) is 30.9. The molecule has 0 atom stereocenters. The molecule has 0 saturated carbocycles. The third-order valence-electron chi connectivity index (χ3n) is 7.31. The number of hydrogen-bond acceptors (Lipinski definition) is 1. The van der Waals surface area contributed by atoms with Crippen LogP contribution in [0.2, 0.25) is 0 Å². The molecule has 0 unspecified atom stereocenters. The molecule has 0 amide bonds. The highest BCUT2D eigenvalue weighted by Crippen LogP contribution is 2.38. The van der Waals surface area contributed by atoms with Crippen LogP contribution in [0.5, 0.6) is 0 Å². The van der Waals surface area contributed by atoms with Gasteiger partial charge in [0.15, 0.2) is 0 Å². The Morgan fingerprint density at radius 2 is 0.927 bits per heavy atom. The monoisotopic (exact) mass is 527 g/mol. The van der Waals surface area contributed by atoms with Crippen molar-refractivity contribution < 1.29 is 5.48 Å². The van der Waals surface area contributed by atoms with E-state index < -0.39 is 0 Å². The van der Waals surface area contributed by atoms with Crippen LogP contribution in [0.25, 0.3) is 44.2 Å². The fourth-order valence-electron chi connectivity index (χ4n) is 5.32. The second-order valence-electron chi connectivity index (χ2n) is 9.92. The third kappa shape index (κ3) is 5.02. The van der Waals surface area contributed by atoms with Crippen LogP contribution < -0.4 is 4.90 Å². The van der Waals surface area contributed by atoms with Gasteiger partial charge in [-0.1, -0.05) is 133 Å². The molecule has 7 aromatic carbocycles. The summed E-state index contributed by atoms with van der Waals surface area (Å²) in [7, 11) is 0. The first-order chi connectivity index (χ1) is 22.0. The van der Waals surface area contributed by atoms with Gasteiger partial charge in [0.2, 0.25) is 0 Å². The van der Waals surface area contributed by atoms with Crippen LogP contribution in [-0.4, -0.2) is 0 Å². The van der Waals surface area contributed by atoms with Gasteiger partial charge in [-0.05, 0) is 86.6 Å². The Kier molecular flexibility index (Phi) is 5.50. The lowest BCUT2D eigenvalue weighted by molar-refractivity contribution is 1.28. The summed E-state index contributed by atoms with van der Waals surface area (Å²) in [6.45, 7) is 0. The summed E-state index contributed by atoms with van der Waals surface area (Å²) in [4.78, 5) is 1.83. The molecule has 7 aromatic rings. The minimum Gasteiger partial charge on any atom is -0.310 e. The summed E-state index contributed by atoms with van der Waals surface area (Å²) < 4.78 is 36.8. The lowest BCUT2D eigenvalue weighted by atomic mass is 9.97. The van der Waals surface area contributed by atoms with Crippen molar-refractivity contribution in [1.29, 1.82) is 0 Å². The molecule has 0 spiro atoms. The highest BCUT2D eigenvalue weighted by molar-refractivity contribution is 5.97. The van der Waals surface area contributed by atoms with Gasteiger partial charge in [0.1, 0.15) is 0 Å². The fraction of sp³-hybridized carbons (Fsp3) is 0. The van der Waals surface area contributed by atoms with E-state index >= 15 is 0 Å². The van der Waals surface area contributed by atoms with E-state index in [0.29, 0.717) is 5.56 Å². The highest BCUT2D eigenvalue weighted by Gasteiger charge is 2.14. The molecule has 0 aromatic heterocycles. The van der Waals surface area contributed by atoms with E-state index in [-0.39, 0.29) is 35.4 Å². The molecule has 194 valence electrons. The van der Waals surface area contributed by atoms with Gasteiger partial charge in [-0.15, -0.1) is 0 Å². The number of anilines is 3. The smallest absolute Gasteiger partial charge is 0.0645 e. The van der Waals surface area contributed by atoms with E-state index in [0.717, 1.165) is 44.4 Å². The number of rotatable bonds is 6. The van der Waals surface area contributed by atoms with E-state index in [4.69, 9.17) is 2.74 Å². The highest BCUT2D eigenvalue weighted by atomic mass is 15.1. The van der Waals surface area contributed by atoms with Gasteiger partial charge in [-0.3, -0.25) is 0 Å². The molecule has 0 aliphatic carbocycles. The standard InChI is InChI=1S/C40H29N/c1-3-12-30(13-4-1)33-16-9-17-34(28-33)31-24-26-37(27-25-31)41(36-19-5-2-6-20-36)38-21-10-18-35(29-38)40-23-11-15-32-14-7-8-22-39(32)40/h1-29H/i24D,25D,26D,27D. The lowest BCUT2D eigenvalue weighted by Gasteiger charge is -2.26. The average molecular weight is 528 g/mol. The maximum atomic E-state index is 9.26. The molecular formula is C40H29N. The van der Waals surface area contributed by atoms with Crippen LogP contribution in [0, 0.1) is 0 Å². The van der Waals surface area contributed by atoms with Crippen LogP contribution in [0.4, 0.5) is 17.1 Å². The van der Waals surface area contributed by atoms with E-state index in [1.54, 1.807) is 0 Å². The van der Waals surface area contributed by atoms with Crippen molar-refractivity contribution in [2.45, 2.75) is 0 Å². The number of nitrogens with zero attached hydrogens (tertiary/aromatic N) is 1. The Balaban J connectivity index is 1.40. The minimum atomic E-state index is -0.101. The predicted molar refractivity (Wildman–Crippen MR) is 175 cm³/mol. The van der Waals surface area contributed by atoms with Crippen molar-refractivity contribution in [3.05, 3.63) is 176 Å². The molecule has 0 aliphatic heterocycles.